The third-order valence-electron chi connectivity index (χ3n) is 5.70. The average Bonchev–Trinajstić information content (AvgIpc) is 2.67. The molecule has 0 fully saturated rings. The highest BCUT2D eigenvalue weighted by molar-refractivity contribution is 5.97. The van der Waals surface area contributed by atoms with Gasteiger partial charge in [0, 0.05) is 24.2 Å². The van der Waals surface area contributed by atoms with Gasteiger partial charge in [0.15, 0.2) is 6.04 Å². The van der Waals surface area contributed by atoms with Crippen molar-refractivity contribution in [2.24, 2.45) is 0 Å². The topological polar surface area (TPSA) is 36.9 Å². The Morgan fingerprint density at radius 2 is 1.76 bits per heavy atom. The van der Waals surface area contributed by atoms with Crippen molar-refractivity contribution in [3.63, 3.8) is 0 Å². The van der Waals surface area contributed by atoms with Gasteiger partial charge in [0.2, 0.25) is 0 Å². The summed E-state index contributed by atoms with van der Waals surface area (Å²) in [5, 5.41) is 2.29. The zero-order chi connectivity index (χ0) is 17.2. The highest BCUT2D eigenvalue weighted by Gasteiger charge is 2.31. The number of amides is 1. The van der Waals surface area contributed by atoms with Crippen LogP contribution in [-0.4, -0.2) is 18.5 Å². The Kier molecular flexibility index (Phi) is 4.58. The van der Waals surface area contributed by atoms with Crippen molar-refractivity contribution < 1.29 is 10.1 Å². The lowest BCUT2D eigenvalue weighted by Crippen LogP contribution is -2.93. The summed E-state index contributed by atoms with van der Waals surface area (Å²) >= 11 is 0. The second kappa shape index (κ2) is 7.01. The number of fused-ring (bicyclic) bond motifs is 2. The first-order valence-electron chi connectivity index (χ1n) is 9.56. The molecule has 0 radical (unpaired) electrons. The predicted molar refractivity (Wildman–Crippen MR) is 101 cm³/mol. The van der Waals surface area contributed by atoms with Crippen LogP contribution in [-0.2, 0) is 17.6 Å². The van der Waals surface area contributed by atoms with Crippen molar-refractivity contribution in [2.45, 2.75) is 51.1 Å². The van der Waals surface area contributed by atoms with Crippen LogP contribution in [0.5, 0.6) is 0 Å². The van der Waals surface area contributed by atoms with E-state index >= 15 is 0 Å². The summed E-state index contributed by atoms with van der Waals surface area (Å²) < 4.78 is 0. The molecule has 2 atom stereocenters. The molecule has 2 aromatic carbocycles. The number of nitrogens with two attached hydrogens (primary N) is 1. The molecular weight excluding hydrogens is 308 g/mol. The van der Waals surface area contributed by atoms with E-state index in [1.807, 2.05) is 11.0 Å². The fourth-order valence-corrected chi connectivity index (χ4v) is 4.43. The third kappa shape index (κ3) is 3.21. The summed E-state index contributed by atoms with van der Waals surface area (Å²) in [6, 6.07) is 17.4. The molecule has 1 heterocycles. The van der Waals surface area contributed by atoms with Crippen molar-refractivity contribution in [1.82, 2.24) is 0 Å². The summed E-state index contributed by atoms with van der Waals surface area (Å²) in [6.45, 7) is 2.91. The minimum Gasteiger partial charge on any atom is -0.330 e. The second-order valence-electron chi connectivity index (χ2n) is 7.40. The lowest BCUT2D eigenvalue weighted by molar-refractivity contribution is -0.714. The first kappa shape index (κ1) is 16.3. The van der Waals surface area contributed by atoms with Gasteiger partial charge in [-0.2, -0.15) is 0 Å². The minimum absolute atomic E-state index is 0.0534. The van der Waals surface area contributed by atoms with Gasteiger partial charge in [0.05, 0.1) is 0 Å². The number of quaternary nitrogens is 1. The number of anilines is 1. The zero-order valence-electron chi connectivity index (χ0n) is 14.9. The van der Waals surface area contributed by atoms with Crippen molar-refractivity contribution in [3.8, 4) is 0 Å². The largest absolute Gasteiger partial charge is 0.330 e. The van der Waals surface area contributed by atoms with E-state index in [9.17, 15) is 4.79 Å². The van der Waals surface area contributed by atoms with E-state index in [1.54, 1.807) is 0 Å². The molecule has 1 aliphatic carbocycles. The third-order valence-corrected chi connectivity index (χ3v) is 5.70. The molecular formula is C22H27N2O+. The van der Waals surface area contributed by atoms with Crippen LogP contribution < -0.4 is 10.2 Å². The van der Waals surface area contributed by atoms with E-state index in [2.05, 4.69) is 54.7 Å². The summed E-state index contributed by atoms with van der Waals surface area (Å²) in [5.74, 6) is 0.246. The number of rotatable bonds is 3. The first-order chi connectivity index (χ1) is 12.2. The molecule has 3 nitrogen and oxygen atoms in total. The van der Waals surface area contributed by atoms with Crippen LogP contribution in [0.2, 0.25) is 0 Å². The van der Waals surface area contributed by atoms with Crippen molar-refractivity contribution in [1.29, 1.82) is 0 Å². The van der Waals surface area contributed by atoms with E-state index in [0.717, 1.165) is 31.5 Å². The lowest BCUT2D eigenvalue weighted by Gasteiger charge is -2.32. The molecule has 0 bridgehead atoms. The van der Waals surface area contributed by atoms with Gasteiger partial charge < -0.3 is 10.2 Å². The maximum Gasteiger partial charge on any atom is 0.284 e. The maximum atomic E-state index is 13.1. The van der Waals surface area contributed by atoms with E-state index in [4.69, 9.17) is 0 Å². The molecule has 0 unspecified atom stereocenters. The molecule has 0 spiro atoms. The number of hydrogen-bond donors (Lipinski definition) is 1. The molecule has 0 aromatic heterocycles. The standard InChI is InChI=1S/C22H26N2O/c1-16(23-20-13-6-10-17-8-2-4-12-19(17)20)22(25)24-15-7-11-18-9-3-5-14-21(18)24/h2-5,8-9,12,14,16,20,23H,6-7,10-11,13,15H2,1H3/p+1/t16-,20-/m1/s1. The smallest absolute Gasteiger partial charge is 0.284 e. The van der Waals surface area contributed by atoms with Gasteiger partial charge in [0.1, 0.15) is 6.04 Å². The van der Waals surface area contributed by atoms with Crippen LogP contribution >= 0.6 is 0 Å². The molecule has 0 saturated heterocycles. The number of aryl methyl sites for hydroxylation is 2. The molecule has 130 valence electrons. The number of carbonyl (C=O) groups excluding carboxylic acids is 1. The zero-order valence-corrected chi connectivity index (χ0v) is 14.9. The fourth-order valence-electron chi connectivity index (χ4n) is 4.43. The Balaban J connectivity index is 1.51. The highest BCUT2D eigenvalue weighted by atomic mass is 16.2. The van der Waals surface area contributed by atoms with Crippen LogP contribution in [0, 0.1) is 0 Å². The van der Waals surface area contributed by atoms with Crippen molar-refractivity contribution in [3.05, 3.63) is 65.2 Å². The van der Waals surface area contributed by atoms with Crippen molar-refractivity contribution in [2.75, 3.05) is 11.4 Å². The Morgan fingerprint density at radius 1 is 1.04 bits per heavy atom. The average molecular weight is 335 g/mol. The highest BCUT2D eigenvalue weighted by Crippen LogP contribution is 2.28. The first-order valence-corrected chi connectivity index (χ1v) is 9.56. The number of hydrogen-bond acceptors (Lipinski definition) is 1. The number of benzene rings is 2. The maximum absolute atomic E-state index is 13.1. The monoisotopic (exact) mass is 335 g/mol. The SMILES string of the molecule is C[C@@H]([NH2+][C@@H]1CCCc2ccccc21)C(=O)N1CCCc2ccccc21. The lowest BCUT2D eigenvalue weighted by atomic mass is 9.87. The molecule has 2 aliphatic rings. The van der Waals surface area contributed by atoms with E-state index in [1.165, 1.54) is 29.5 Å². The molecule has 3 heteroatoms. The van der Waals surface area contributed by atoms with Gasteiger partial charge in [-0.25, -0.2) is 0 Å². The molecule has 4 rings (SSSR count). The Labute approximate surface area is 150 Å². The van der Waals surface area contributed by atoms with E-state index in [-0.39, 0.29) is 11.9 Å². The minimum atomic E-state index is -0.0534. The summed E-state index contributed by atoms with van der Waals surface area (Å²) in [5.41, 5.74) is 5.30. The van der Waals surface area contributed by atoms with Crippen molar-refractivity contribution >= 4 is 11.6 Å². The number of para-hydroxylation sites is 1. The van der Waals surface area contributed by atoms with Gasteiger partial charge in [0.25, 0.3) is 5.91 Å². The van der Waals surface area contributed by atoms with Crippen LogP contribution in [0.3, 0.4) is 0 Å². The van der Waals surface area contributed by atoms with Crippen LogP contribution in [0.1, 0.15) is 48.9 Å². The quantitative estimate of drug-likeness (QED) is 0.920. The molecule has 2 N–H and O–H groups in total. The fraction of sp³-hybridized carbons (Fsp3) is 0.409. The van der Waals surface area contributed by atoms with E-state index in [0.29, 0.717) is 6.04 Å². The Morgan fingerprint density at radius 3 is 2.64 bits per heavy atom. The summed E-state index contributed by atoms with van der Waals surface area (Å²) in [7, 11) is 0. The molecule has 2 aromatic rings. The number of carbonyl (C=O) groups is 1. The second-order valence-corrected chi connectivity index (χ2v) is 7.40. The molecule has 1 aliphatic heterocycles. The predicted octanol–water partition coefficient (Wildman–Crippen LogP) is 3.00. The van der Waals surface area contributed by atoms with E-state index < -0.39 is 0 Å². The van der Waals surface area contributed by atoms with Crippen LogP contribution in [0.15, 0.2) is 48.5 Å². The molecule has 25 heavy (non-hydrogen) atoms. The summed E-state index contributed by atoms with van der Waals surface area (Å²) in [4.78, 5) is 15.1. The van der Waals surface area contributed by atoms with Gasteiger partial charge in [-0.3, -0.25) is 4.79 Å². The van der Waals surface area contributed by atoms with Crippen LogP contribution in [0.4, 0.5) is 5.69 Å². The van der Waals surface area contributed by atoms with Gasteiger partial charge >= 0.3 is 0 Å². The Bertz CT molecular complexity index is 770. The Hall–Kier alpha value is -2.13. The number of nitrogens with zero attached hydrogens (tertiary/aromatic N) is 1. The normalized spacial score (nSPS) is 20.5. The molecule has 0 saturated carbocycles. The van der Waals surface area contributed by atoms with Gasteiger partial charge in [-0.15, -0.1) is 0 Å². The van der Waals surface area contributed by atoms with Gasteiger partial charge in [-0.05, 0) is 49.8 Å². The van der Waals surface area contributed by atoms with Crippen LogP contribution in [0.25, 0.3) is 0 Å². The molecule has 1 amide bonds. The van der Waals surface area contributed by atoms with Gasteiger partial charge in [-0.1, -0.05) is 42.5 Å². The summed E-state index contributed by atoms with van der Waals surface area (Å²) in [6.07, 6.45) is 5.68.